The summed E-state index contributed by atoms with van der Waals surface area (Å²) in [4.78, 5) is -0.387. The number of benzene rings is 2. The quantitative estimate of drug-likeness (QED) is 0.629. The first-order valence-electron chi connectivity index (χ1n) is 5.66. The Morgan fingerprint density at radius 1 is 1.14 bits per heavy atom. The number of halogens is 4. The summed E-state index contributed by atoms with van der Waals surface area (Å²) >= 11 is 16.9. The first-order chi connectivity index (χ1) is 9.85. The van der Waals surface area contributed by atoms with Gasteiger partial charge in [-0.25, -0.2) is 12.8 Å². The van der Waals surface area contributed by atoms with Crippen LogP contribution < -0.4 is 4.72 Å². The summed E-state index contributed by atoms with van der Waals surface area (Å²) in [5.41, 5.74) is 1.05. The maximum atomic E-state index is 13.6. The van der Waals surface area contributed by atoms with Gasteiger partial charge in [0.2, 0.25) is 0 Å². The van der Waals surface area contributed by atoms with Crippen LogP contribution in [0.2, 0.25) is 10.0 Å². The van der Waals surface area contributed by atoms with E-state index >= 15 is 0 Å². The summed E-state index contributed by atoms with van der Waals surface area (Å²) in [6.45, 7) is 0. The van der Waals surface area contributed by atoms with Gasteiger partial charge in [0.05, 0.1) is 10.0 Å². The number of hydrogen-bond acceptors (Lipinski definition) is 2. The minimum Gasteiger partial charge on any atom is -0.280 e. The highest BCUT2D eigenvalue weighted by molar-refractivity contribution is 7.92. The number of sulfonamides is 1. The molecule has 0 amide bonds. The Morgan fingerprint density at radius 3 is 2.52 bits per heavy atom. The molecule has 2 aromatic rings. The molecule has 2 rings (SSSR count). The molecule has 21 heavy (non-hydrogen) atoms. The highest BCUT2D eigenvalue weighted by Gasteiger charge is 2.22. The van der Waals surface area contributed by atoms with E-state index in [1.807, 2.05) is 0 Å². The van der Waals surface area contributed by atoms with E-state index in [2.05, 4.69) is 4.72 Å². The minimum atomic E-state index is -4.03. The molecule has 0 atom stereocenters. The molecule has 3 nitrogen and oxygen atoms in total. The van der Waals surface area contributed by atoms with Crippen molar-refractivity contribution in [3.63, 3.8) is 0 Å². The largest absolute Gasteiger partial charge is 0.280 e. The number of nitrogens with one attached hydrogen (secondary N) is 1. The fourth-order valence-electron chi connectivity index (χ4n) is 1.64. The molecule has 8 heteroatoms. The highest BCUT2D eigenvalue weighted by Crippen LogP contribution is 2.30. The van der Waals surface area contributed by atoms with Crippen molar-refractivity contribution in [2.45, 2.75) is 10.8 Å². The molecular weight excluding hydrogens is 360 g/mol. The molecule has 0 bridgehead atoms. The summed E-state index contributed by atoms with van der Waals surface area (Å²) in [5.74, 6) is -0.734. The Kier molecular flexibility index (Phi) is 4.99. The van der Waals surface area contributed by atoms with Gasteiger partial charge in [0.25, 0.3) is 10.0 Å². The first-order valence-corrected chi connectivity index (χ1v) is 8.44. The number of rotatable bonds is 4. The lowest BCUT2D eigenvalue weighted by atomic mass is 10.2. The molecule has 0 aliphatic rings. The van der Waals surface area contributed by atoms with Crippen LogP contribution in [0.1, 0.15) is 5.56 Å². The predicted molar refractivity (Wildman–Crippen MR) is 83.2 cm³/mol. The lowest BCUT2D eigenvalue weighted by Crippen LogP contribution is -2.14. The van der Waals surface area contributed by atoms with Crippen LogP contribution in [-0.2, 0) is 15.9 Å². The van der Waals surface area contributed by atoms with E-state index in [1.54, 1.807) is 24.3 Å². The summed E-state index contributed by atoms with van der Waals surface area (Å²) in [5, 5.41) is -0.799. The van der Waals surface area contributed by atoms with Gasteiger partial charge in [-0.05, 0) is 29.8 Å². The predicted octanol–water partition coefficient (Wildman–Crippen LogP) is 4.67. The third kappa shape index (κ3) is 3.61. The Bertz CT molecular complexity index is 781. The maximum Gasteiger partial charge on any atom is 0.263 e. The summed E-state index contributed by atoms with van der Waals surface area (Å²) in [7, 11) is -4.03. The Hall–Kier alpha value is -1.01. The smallest absolute Gasteiger partial charge is 0.263 e. The SMILES string of the molecule is O=S(=O)(Nc1cccc(CCl)c1)c1ccc(Cl)c(F)c1Cl. The molecule has 0 fully saturated rings. The van der Waals surface area contributed by atoms with Gasteiger partial charge in [-0.1, -0.05) is 35.3 Å². The Balaban J connectivity index is 2.41. The number of hydrogen-bond donors (Lipinski definition) is 1. The molecule has 0 saturated heterocycles. The van der Waals surface area contributed by atoms with Gasteiger partial charge in [0, 0.05) is 11.6 Å². The van der Waals surface area contributed by atoms with Crippen molar-refractivity contribution in [2.24, 2.45) is 0 Å². The zero-order valence-electron chi connectivity index (χ0n) is 10.4. The lowest BCUT2D eigenvalue weighted by molar-refractivity contribution is 0.595. The summed E-state index contributed by atoms with van der Waals surface area (Å²) < 4.78 is 40.4. The molecule has 0 unspecified atom stereocenters. The molecule has 0 aliphatic carbocycles. The van der Waals surface area contributed by atoms with E-state index < -0.39 is 20.9 Å². The third-order valence-corrected chi connectivity index (χ3v) is 5.13. The van der Waals surface area contributed by atoms with Crippen LogP contribution in [0.15, 0.2) is 41.3 Å². The third-order valence-electron chi connectivity index (χ3n) is 2.62. The number of alkyl halides is 1. The van der Waals surface area contributed by atoms with Crippen LogP contribution >= 0.6 is 34.8 Å². The van der Waals surface area contributed by atoms with Crippen molar-refractivity contribution < 1.29 is 12.8 Å². The molecule has 2 aromatic carbocycles. The van der Waals surface area contributed by atoms with Crippen molar-refractivity contribution in [3.05, 3.63) is 57.8 Å². The van der Waals surface area contributed by atoms with E-state index in [9.17, 15) is 12.8 Å². The van der Waals surface area contributed by atoms with E-state index in [0.717, 1.165) is 17.7 Å². The zero-order valence-corrected chi connectivity index (χ0v) is 13.5. The second-order valence-corrected chi connectivity index (χ2v) is 6.82. The van der Waals surface area contributed by atoms with Gasteiger partial charge in [0.1, 0.15) is 4.90 Å². The van der Waals surface area contributed by atoms with Crippen LogP contribution in [0.3, 0.4) is 0 Å². The van der Waals surface area contributed by atoms with Crippen LogP contribution in [0.25, 0.3) is 0 Å². The monoisotopic (exact) mass is 367 g/mol. The first kappa shape index (κ1) is 16.4. The van der Waals surface area contributed by atoms with Crippen LogP contribution in [-0.4, -0.2) is 8.42 Å². The van der Waals surface area contributed by atoms with Gasteiger partial charge >= 0.3 is 0 Å². The molecular formula is C13H9Cl3FNO2S. The number of anilines is 1. The van der Waals surface area contributed by atoms with Crippen LogP contribution in [0.5, 0.6) is 0 Å². The van der Waals surface area contributed by atoms with Crippen molar-refractivity contribution in [3.8, 4) is 0 Å². The van der Waals surface area contributed by atoms with Gasteiger partial charge < -0.3 is 0 Å². The van der Waals surface area contributed by atoms with Crippen molar-refractivity contribution >= 4 is 50.5 Å². The highest BCUT2D eigenvalue weighted by atomic mass is 35.5. The van der Waals surface area contributed by atoms with Gasteiger partial charge in [-0.2, -0.15) is 0 Å². The Morgan fingerprint density at radius 2 is 1.86 bits per heavy atom. The fraction of sp³-hybridized carbons (Fsp3) is 0.0769. The minimum absolute atomic E-state index is 0.242. The zero-order chi connectivity index (χ0) is 15.6. The lowest BCUT2D eigenvalue weighted by Gasteiger charge is -2.11. The topological polar surface area (TPSA) is 46.2 Å². The average Bonchev–Trinajstić information content (AvgIpc) is 2.44. The second kappa shape index (κ2) is 6.40. The fourth-order valence-corrected chi connectivity index (χ4v) is 3.61. The van der Waals surface area contributed by atoms with E-state index in [0.29, 0.717) is 5.69 Å². The molecule has 0 aliphatic heterocycles. The molecule has 1 N–H and O–H groups in total. The maximum absolute atomic E-state index is 13.6. The van der Waals surface area contributed by atoms with Gasteiger partial charge in [0.15, 0.2) is 5.82 Å². The van der Waals surface area contributed by atoms with Crippen LogP contribution in [0, 0.1) is 5.82 Å². The van der Waals surface area contributed by atoms with E-state index in [-0.39, 0.29) is 15.8 Å². The normalized spacial score (nSPS) is 11.4. The van der Waals surface area contributed by atoms with Crippen LogP contribution in [0.4, 0.5) is 10.1 Å². The summed E-state index contributed by atoms with van der Waals surface area (Å²) in [6, 6.07) is 8.80. The standard InChI is InChI=1S/C13H9Cl3FNO2S/c14-7-8-2-1-3-9(6-8)18-21(19,20)11-5-4-10(15)13(17)12(11)16/h1-6,18H,7H2. The van der Waals surface area contributed by atoms with E-state index in [4.69, 9.17) is 34.8 Å². The second-order valence-electron chi connectivity index (χ2n) is 4.11. The molecule has 112 valence electrons. The molecule has 0 heterocycles. The van der Waals surface area contributed by atoms with E-state index in [1.165, 1.54) is 0 Å². The van der Waals surface area contributed by atoms with Gasteiger partial charge in [-0.15, -0.1) is 11.6 Å². The molecule has 0 spiro atoms. The van der Waals surface area contributed by atoms with Crippen molar-refractivity contribution in [1.82, 2.24) is 0 Å². The summed E-state index contributed by atoms with van der Waals surface area (Å²) in [6.07, 6.45) is 0. The van der Waals surface area contributed by atoms with Crippen molar-refractivity contribution in [1.29, 1.82) is 0 Å². The molecule has 0 radical (unpaired) electrons. The molecule has 0 aromatic heterocycles. The molecule has 0 saturated carbocycles. The Labute approximate surface area is 136 Å². The van der Waals surface area contributed by atoms with Gasteiger partial charge in [-0.3, -0.25) is 4.72 Å². The van der Waals surface area contributed by atoms with Crippen molar-refractivity contribution in [2.75, 3.05) is 4.72 Å². The average molecular weight is 369 g/mol.